The number of carbonyl (C=O) groups is 1. The lowest BCUT2D eigenvalue weighted by Gasteiger charge is -2.36. The number of amidine groups is 1. The molecular formula is C19H24N4O3S2. The van der Waals surface area contributed by atoms with Gasteiger partial charge in [-0.2, -0.15) is 0 Å². The first-order chi connectivity index (χ1) is 13.5. The molecule has 1 amide bonds. The summed E-state index contributed by atoms with van der Waals surface area (Å²) in [4.78, 5) is 20.4. The number of benzene rings is 1. The Morgan fingerprint density at radius 2 is 1.82 bits per heavy atom. The molecule has 0 unspecified atom stereocenters. The Bertz CT molecular complexity index is 932. The molecule has 28 heavy (non-hydrogen) atoms. The molecular weight excluding hydrogens is 396 g/mol. The van der Waals surface area contributed by atoms with Gasteiger partial charge in [-0.15, -0.1) is 4.40 Å². The molecule has 4 aliphatic heterocycles. The molecule has 0 saturated carbocycles. The summed E-state index contributed by atoms with van der Waals surface area (Å²) in [7, 11) is -3.36. The van der Waals surface area contributed by atoms with Gasteiger partial charge in [0, 0.05) is 36.1 Å². The van der Waals surface area contributed by atoms with Crippen LogP contribution in [-0.2, 0) is 10.0 Å². The van der Waals surface area contributed by atoms with Gasteiger partial charge >= 0.3 is 0 Å². The Labute approximate surface area is 169 Å². The molecule has 150 valence electrons. The van der Waals surface area contributed by atoms with Crippen LogP contribution in [0.2, 0.25) is 0 Å². The highest BCUT2D eigenvalue weighted by Crippen LogP contribution is 2.42. The van der Waals surface area contributed by atoms with Gasteiger partial charge in [-0.05, 0) is 68.7 Å². The Balaban J connectivity index is 1.29. The van der Waals surface area contributed by atoms with Crippen molar-refractivity contribution in [3.05, 3.63) is 23.8 Å². The minimum Gasteiger partial charge on any atom is -0.339 e. The summed E-state index contributed by atoms with van der Waals surface area (Å²) < 4.78 is 27.4. The average molecular weight is 421 g/mol. The maximum absolute atomic E-state index is 13.0. The number of likely N-dealkylation sites (tertiary alicyclic amines) is 2. The van der Waals surface area contributed by atoms with Crippen molar-refractivity contribution in [2.75, 3.05) is 43.4 Å². The van der Waals surface area contributed by atoms with Crippen molar-refractivity contribution < 1.29 is 13.2 Å². The predicted molar refractivity (Wildman–Crippen MR) is 111 cm³/mol. The molecule has 0 atom stereocenters. The Morgan fingerprint density at radius 1 is 1.07 bits per heavy atom. The molecule has 1 aromatic rings. The fraction of sp³-hybridized carbons (Fsp3) is 0.579. The number of amides is 1. The van der Waals surface area contributed by atoms with Gasteiger partial charge in [0.25, 0.3) is 15.9 Å². The number of hydrogen-bond acceptors (Lipinski definition) is 6. The van der Waals surface area contributed by atoms with Gasteiger partial charge in [0.2, 0.25) is 0 Å². The maximum atomic E-state index is 13.0. The molecule has 0 N–H and O–H groups in total. The molecule has 1 aromatic carbocycles. The van der Waals surface area contributed by atoms with Gasteiger partial charge in [-0.3, -0.25) is 4.79 Å². The monoisotopic (exact) mass is 420 g/mol. The number of piperidine rings is 1. The summed E-state index contributed by atoms with van der Waals surface area (Å²) in [6.07, 6.45) is 4.70. The zero-order valence-corrected chi connectivity index (χ0v) is 17.3. The van der Waals surface area contributed by atoms with E-state index in [-0.39, 0.29) is 11.7 Å². The number of fused-ring (bicyclic) bond motifs is 3. The fourth-order valence-electron chi connectivity index (χ4n) is 4.59. The van der Waals surface area contributed by atoms with E-state index in [4.69, 9.17) is 0 Å². The zero-order valence-electron chi connectivity index (χ0n) is 15.7. The molecule has 0 aliphatic carbocycles. The van der Waals surface area contributed by atoms with E-state index in [0.29, 0.717) is 23.3 Å². The van der Waals surface area contributed by atoms with Gasteiger partial charge in [0.05, 0.1) is 11.4 Å². The SMILES string of the molecule is O=C(c1ccc2c(c1)SC1=NS(=O)(=O)CCN12)N1CCC(N2CCCC2)CC1. The molecule has 2 saturated heterocycles. The van der Waals surface area contributed by atoms with Crippen LogP contribution in [0.15, 0.2) is 27.5 Å². The molecule has 4 heterocycles. The third-order valence-corrected chi connectivity index (χ3v) is 8.43. The summed E-state index contributed by atoms with van der Waals surface area (Å²) in [6.45, 7) is 4.44. The third-order valence-electron chi connectivity index (χ3n) is 6.13. The zero-order chi connectivity index (χ0) is 19.3. The van der Waals surface area contributed by atoms with Crippen LogP contribution in [0.3, 0.4) is 0 Å². The molecule has 5 rings (SSSR count). The van der Waals surface area contributed by atoms with Crippen LogP contribution in [0.25, 0.3) is 0 Å². The summed E-state index contributed by atoms with van der Waals surface area (Å²) in [5.41, 5.74) is 1.62. The van der Waals surface area contributed by atoms with Crippen LogP contribution < -0.4 is 4.90 Å². The van der Waals surface area contributed by atoms with Gasteiger partial charge in [-0.25, -0.2) is 8.42 Å². The lowest BCUT2D eigenvalue weighted by molar-refractivity contribution is 0.0644. The van der Waals surface area contributed by atoms with E-state index >= 15 is 0 Å². The van der Waals surface area contributed by atoms with Crippen molar-refractivity contribution in [3.63, 3.8) is 0 Å². The van der Waals surface area contributed by atoms with E-state index in [9.17, 15) is 13.2 Å². The summed E-state index contributed by atoms with van der Waals surface area (Å²) in [5, 5.41) is 0.497. The van der Waals surface area contributed by atoms with Gasteiger partial charge in [0.1, 0.15) is 0 Å². The molecule has 2 fully saturated rings. The van der Waals surface area contributed by atoms with E-state index in [1.165, 1.54) is 37.7 Å². The lowest BCUT2D eigenvalue weighted by atomic mass is 10.0. The molecule has 0 spiro atoms. The minimum absolute atomic E-state index is 0.0309. The van der Waals surface area contributed by atoms with Crippen molar-refractivity contribution in [3.8, 4) is 0 Å². The number of carbonyl (C=O) groups excluding carboxylic acids is 1. The average Bonchev–Trinajstić information content (AvgIpc) is 3.33. The highest BCUT2D eigenvalue weighted by molar-refractivity contribution is 8.15. The highest BCUT2D eigenvalue weighted by atomic mass is 32.2. The molecule has 0 bridgehead atoms. The van der Waals surface area contributed by atoms with Crippen LogP contribution in [0.1, 0.15) is 36.0 Å². The third kappa shape index (κ3) is 3.33. The fourth-order valence-corrected chi connectivity index (χ4v) is 6.88. The first-order valence-corrected chi connectivity index (χ1v) is 12.4. The Kier molecular flexibility index (Phi) is 4.64. The van der Waals surface area contributed by atoms with Crippen molar-refractivity contribution in [2.24, 2.45) is 4.40 Å². The van der Waals surface area contributed by atoms with Gasteiger partial charge < -0.3 is 14.7 Å². The molecule has 0 aromatic heterocycles. The van der Waals surface area contributed by atoms with E-state index in [1.807, 2.05) is 28.0 Å². The van der Waals surface area contributed by atoms with Gasteiger partial charge in [0.15, 0.2) is 5.17 Å². The van der Waals surface area contributed by atoms with Crippen molar-refractivity contribution in [2.45, 2.75) is 36.6 Å². The summed E-state index contributed by atoms with van der Waals surface area (Å²) in [5.74, 6) is 0.103. The van der Waals surface area contributed by atoms with E-state index < -0.39 is 10.0 Å². The minimum atomic E-state index is -3.36. The van der Waals surface area contributed by atoms with Crippen LogP contribution in [0, 0.1) is 0 Å². The number of thioether (sulfide) groups is 1. The second-order valence-corrected chi connectivity index (χ2v) is 10.6. The number of hydrogen-bond donors (Lipinski definition) is 0. The van der Waals surface area contributed by atoms with Crippen molar-refractivity contribution >= 4 is 38.5 Å². The molecule has 0 radical (unpaired) electrons. The second kappa shape index (κ2) is 7.03. The van der Waals surface area contributed by atoms with Crippen LogP contribution in [0.4, 0.5) is 5.69 Å². The number of sulfonamides is 1. The standard InChI is InChI=1S/C19H24N4O3S2/c24-18(22-9-5-15(6-10-22)21-7-1-2-8-21)14-3-4-16-17(13-14)27-19-20-28(25,26)12-11-23(16)19/h3-4,13,15H,1-2,5-12H2. The summed E-state index contributed by atoms with van der Waals surface area (Å²) in [6, 6.07) is 6.30. The van der Waals surface area contributed by atoms with Crippen LogP contribution >= 0.6 is 11.8 Å². The number of anilines is 1. The quantitative estimate of drug-likeness (QED) is 0.729. The Hall–Kier alpha value is -1.58. The molecule has 4 aliphatic rings. The second-order valence-electron chi connectivity index (χ2n) is 7.86. The first kappa shape index (κ1) is 18.4. The maximum Gasteiger partial charge on any atom is 0.257 e. The van der Waals surface area contributed by atoms with Crippen molar-refractivity contribution in [1.29, 1.82) is 0 Å². The van der Waals surface area contributed by atoms with E-state index in [0.717, 1.165) is 36.5 Å². The highest BCUT2D eigenvalue weighted by Gasteiger charge is 2.34. The topological polar surface area (TPSA) is 73.3 Å². The normalized spacial score (nSPS) is 24.8. The number of rotatable bonds is 2. The van der Waals surface area contributed by atoms with E-state index in [1.54, 1.807) is 0 Å². The Morgan fingerprint density at radius 3 is 2.57 bits per heavy atom. The van der Waals surface area contributed by atoms with Gasteiger partial charge in [-0.1, -0.05) is 0 Å². The van der Waals surface area contributed by atoms with Crippen molar-refractivity contribution in [1.82, 2.24) is 9.80 Å². The van der Waals surface area contributed by atoms with Crippen LogP contribution in [0.5, 0.6) is 0 Å². The predicted octanol–water partition coefficient (Wildman–Crippen LogP) is 2.00. The van der Waals surface area contributed by atoms with E-state index in [2.05, 4.69) is 9.30 Å². The largest absolute Gasteiger partial charge is 0.339 e. The number of nitrogens with zero attached hydrogens (tertiary/aromatic N) is 4. The van der Waals surface area contributed by atoms with Crippen LogP contribution in [-0.4, -0.2) is 73.8 Å². The smallest absolute Gasteiger partial charge is 0.257 e. The lowest BCUT2D eigenvalue weighted by Crippen LogP contribution is -2.45. The first-order valence-electron chi connectivity index (χ1n) is 9.96. The summed E-state index contributed by atoms with van der Waals surface area (Å²) >= 11 is 1.34. The molecule has 9 heteroatoms. The molecule has 7 nitrogen and oxygen atoms in total.